The molecule has 108 valence electrons. The molecule has 1 aliphatic carbocycles. The number of carbonyl (C=O) groups is 1. The molecule has 1 aromatic heterocycles. The van der Waals surface area contributed by atoms with Gasteiger partial charge in [0, 0.05) is 10.9 Å². The number of fused-ring (bicyclic) bond motifs is 1. The number of benzene rings is 1. The number of carbonyl (C=O) groups excluding carboxylic acids is 1. The van der Waals surface area contributed by atoms with E-state index in [-0.39, 0.29) is 22.3 Å². The van der Waals surface area contributed by atoms with E-state index in [1.165, 1.54) is 6.07 Å². The fraction of sp³-hybridized carbons (Fsp3) is 0.200. The second-order valence-electron chi connectivity index (χ2n) is 5.00. The van der Waals surface area contributed by atoms with Crippen molar-refractivity contribution < 1.29 is 13.6 Å². The lowest BCUT2D eigenvalue weighted by Gasteiger charge is -2.14. The smallest absolute Gasteiger partial charge is 0.250 e. The molecule has 21 heavy (non-hydrogen) atoms. The van der Waals surface area contributed by atoms with E-state index >= 15 is 0 Å². The van der Waals surface area contributed by atoms with Crippen molar-refractivity contribution in [3.05, 3.63) is 63.4 Å². The highest BCUT2D eigenvalue weighted by Gasteiger charge is 2.30. The van der Waals surface area contributed by atoms with Crippen LogP contribution >= 0.6 is 11.6 Å². The van der Waals surface area contributed by atoms with Crippen LogP contribution < -0.4 is 5.73 Å². The highest BCUT2D eigenvalue weighted by molar-refractivity contribution is 6.30. The predicted molar refractivity (Wildman–Crippen MR) is 74.3 cm³/mol. The number of halogens is 3. The van der Waals surface area contributed by atoms with E-state index < -0.39 is 11.7 Å². The van der Waals surface area contributed by atoms with Gasteiger partial charge < -0.3 is 5.73 Å². The zero-order valence-corrected chi connectivity index (χ0v) is 11.6. The molecule has 0 unspecified atom stereocenters. The molecule has 0 fully saturated rings. The third-order valence-electron chi connectivity index (χ3n) is 3.73. The molecule has 0 radical (unpaired) electrons. The first-order valence-electron chi connectivity index (χ1n) is 6.40. The Hall–Kier alpha value is -2.01. The van der Waals surface area contributed by atoms with Gasteiger partial charge in [-0.3, -0.25) is 9.78 Å². The monoisotopic (exact) mass is 308 g/mol. The molecule has 1 amide bonds. The SMILES string of the molecule is NC(=O)c1cc(F)cnc1[C@@H]1CCc2c(F)cc(Cl)cc21. The minimum Gasteiger partial charge on any atom is -0.366 e. The lowest BCUT2D eigenvalue weighted by molar-refractivity contribution is 0.0998. The Labute approximate surface area is 124 Å². The second-order valence-corrected chi connectivity index (χ2v) is 5.43. The zero-order chi connectivity index (χ0) is 15.1. The van der Waals surface area contributed by atoms with Crippen LogP contribution in [0.1, 0.15) is 39.5 Å². The average molecular weight is 309 g/mol. The number of hydrogen-bond donors (Lipinski definition) is 1. The summed E-state index contributed by atoms with van der Waals surface area (Å²) in [5.41, 5.74) is 6.91. The molecule has 1 heterocycles. The Bertz CT molecular complexity index is 749. The summed E-state index contributed by atoms with van der Waals surface area (Å²) in [6.07, 6.45) is 2.12. The van der Waals surface area contributed by atoms with Gasteiger partial charge in [-0.2, -0.15) is 0 Å². The molecule has 0 saturated heterocycles. The summed E-state index contributed by atoms with van der Waals surface area (Å²) in [5.74, 6) is -2.07. The van der Waals surface area contributed by atoms with Crippen LogP contribution in [0.2, 0.25) is 5.02 Å². The number of primary amides is 1. The molecule has 1 aromatic carbocycles. The minimum absolute atomic E-state index is 0.0215. The Morgan fingerprint density at radius 3 is 2.81 bits per heavy atom. The van der Waals surface area contributed by atoms with Crippen molar-refractivity contribution in [2.24, 2.45) is 5.73 Å². The molecule has 2 N–H and O–H groups in total. The molecule has 0 aliphatic heterocycles. The first-order chi connectivity index (χ1) is 9.97. The van der Waals surface area contributed by atoms with Crippen LogP contribution in [0.15, 0.2) is 24.4 Å². The van der Waals surface area contributed by atoms with Gasteiger partial charge in [0.1, 0.15) is 11.6 Å². The van der Waals surface area contributed by atoms with Crippen LogP contribution in [0.5, 0.6) is 0 Å². The van der Waals surface area contributed by atoms with Crippen LogP contribution in [0.25, 0.3) is 0 Å². The van der Waals surface area contributed by atoms with Crippen molar-refractivity contribution in [1.29, 1.82) is 0 Å². The average Bonchev–Trinajstić information content (AvgIpc) is 2.82. The molecular weight excluding hydrogens is 298 g/mol. The summed E-state index contributed by atoms with van der Waals surface area (Å²) in [7, 11) is 0. The third kappa shape index (κ3) is 2.38. The van der Waals surface area contributed by atoms with E-state index in [1.807, 2.05) is 0 Å². The van der Waals surface area contributed by atoms with E-state index in [4.69, 9.17) is 17.3 Å². The first-order valence-corrected chi connectivity index (χ1v) is 6.78. The summed E-state index contributed by atoms with van der Waals surface area (Å²) in [6.45, 7) is 0. The van der Waals surface area contributed by atoms with Gasteiger partial charge >= 0.3 is 0 Å². The molecule has 0 saturated carbocycles. The van der Waals surface area contributed by atoms with E-state index in [9.17, 15) is 13.6 Å². The van der Waals surface area contributed by atoms with Crippen LogP contribution in [-0.4, -0.2) is 10.9 Å². The van der Waals surface area contributed by atoms with Gasteiger partial charge in [-0.25, -0.2) is 8.78 Å². The van der Waals surface area contributed by atoms with Gasteiger partial charge in [-0.15, -0.1) is 0 Å². The number of pyridine rings is 1. The first kappa shape index (κ1) is 13.9. The van der Waals surface area contributed by atoms with Crippen LogP contribution in [0, 0.1) is 11.6 Å². The number of aromatic nitrogens is 1. The van der Waals surface area contributed by atoms with Gasteiger partial charge in [0.15, 0.2) is 0 Å². The largest absolute Gasteiger partial charge is 0.366 e. The fourth-order valence-electron chi connectivity index (χ4n) is 2.85. The maximum absolute atomic E-state index is 13.9. The zero-order valence-electron chi connectivity index (χ0n) is 10.9. The molecule has 0 bridgehead atoms. The van der Waals surface area contributed by atoms with Crippen molar-refractivity contribution in [2.75, 3.05) is 0 Å². The van der Waals surface area contributed by atoms with E-state index in [2.05, 4.69) is 4.98 Å². The van der Waals surface area contributed by atoms with Gasteiger partial charge in [-0.1, -0.05) is 11.6 Å². The van der Waals surface area contributed by atoms with Crippen molar-refractivity contribution in [1.82, 2.24) is 4.98 Å². The summed E-state index contributed by atoms with van der Waals surface area (Å²) < 4.78 is 27.2. The van der Waals surface area contributed by atoms with Crippen molar-refractivity contribution in [3.8, 4) is 0 Å². The highest BCUT2D eigenvalue weighted by atomic mass is 35.5. The molecule has 6 heteroatoms. The molecule has 1 aliphatic rings. The van der Waals surface area contributed by atoms with E-state index in [1.54, 1.807) is 6.07 Å². The lowest BCUT2D eigenvalue weighted by atomic mass is 9.93. The number of amides is 1. The van der Waals surface area contributed by atoms with Crippen molar-refractivity contribution in [3.63, 3.8) is 0 Å². The predicted octanol–water partition coefficient (Wildman–Crippen LogP) is 3.19. The van der Waals surface area contributed by atoms with E-state index in [0.29, 0.717) is 29.7 Å². The van der Waals surface area contributed by atoms with Crippen molar-refractivity contribution >= 4 is 17.5 Å². The summed E-state index contributed by atoms with van der Waals surface area (Å²) in [4.78, 5) is 15.5. The maximum atomic E-state index is 13.9. The second kappa shape index (κ2) is 5.07. The Kier molecular flexibility index (Phi) is 3.37. The summed E-state index contributed by atoms with van der Waals surface area (Å²) >= 11 is 5.90. The number of nitrogens with two attached hydrogens (primary N) is 1. The maximum Gasteiger partial charge on any atom is 0.250 e. The standard InChI is InChI=1S/C15H11ClF2N2O/c16-7-3-11-9(13(18)4-7)1-2-10(11)14-12(15(19)21)5-8(17)6-20-14/h3-6,10H,1-2H2,(H2,19,21)/t10-/m1/s1. The van der Waals surface area contributed by atoms with Crippen LogP contribution in [0.4, 0.5) is 8.78 Å². The van der Waals surface area contributed by atoms with Gasteiger partial charge in [-0.05, 0) is 42.2 Å². The molecule has 0 spiro atoms. The topological polar surface area (TPSA) is 56.0 Å². The summed E-state index contributed by atoms with van der Waals surface area (Å²) in [6, 6.07) is 3.98. The lowest BCUT2D eigenvalue weighted by Crippen LogP contribution is -2.17. The Balaban J connectivity index is 2.16. The minimum atomic E-state index is -0.757. The number of rotatable bonds is 2. The Morgan fingerprint density at radius 1 is 1.33 bits per heavy atom. The highest BCUT2D eigenvalue weighted by Crippen LogP contribution is 2.41. The number of nitrogens with zero attached hydrogens (tertiary/aromatic N) is 1. The van der Waals surface area contributed by atoms with Crippen LogP contribution in [-0.2, 0) is 6.42 Å². The fourth-order valence-corrected chi connectivity index (χ4v) is 3.06. The molecule has 1 atom stereocenters. The molecule has 3 nitrogen and oxygen atoms in total. The normalized spacial score (nSPS) is 16.8. The number of hydrogen-bond acceptors (Lipinski definition) is 2. The third-order valence-corrected chi connectivity index (χ3v) is 3.95. The molecule has 3 rings (SSSR count). The van der Waals surface area contributed by atoms with Crippen LogP contribution in [0.3, 0.4) is 0 Å². The van der Waals surface area contributed by atoms with Gasteiger partial charge in [0.25, 0.3) is 5.91 Å². The van der Waals surface area contributed by atoms with E-state index in [0.717, 1.165) is 12.3 Å². The van der Waals surface area contributed by atoms with Crippen molar-refractivity contribution in [2.45, 2.75) is 18.8 Å². The summed E-state index contributed by atoms with van der Waals surface area (Å²) in [5, 5.41) is 0.279. The molecular formula is C15H11ClF2N2O. The van der Waals surface area contributed by atoms with Gasteiger partial charge in [0.2, 0.25) is 0 Å². The quantitative estimate of drug-likeness (QED) is 0.926. The van der Waals surface area contributed by atoms with Gasteiger partial charge in [0.05, 0.1) is 17.5 Å². The Morgan fingerprint density at radius 2 is 2.10 bits per heavy atom. The molecule has 2 aromatic rings.